The predicted octanol–water partition coefficient (Wildman–Crippen LogP) is 3.34. The minimum Gasteiger partial charge on any atom is -0.496 e. The number of hydrogen-bond donors (Lipinski definition) is 1. The maximum Gasteiger partial charge on any atom is 0.289 e. The topological polar surface area (TPSA) is 62.9 Å². The first kappa shape index (κ1) is 18.9. The van der Waals surface area contributed by atoms with E-state index in [0.29, 0.717) is 23.1 Å². The number of carbonyl (C=O) groups is 1. The highest BCUT2D eigenvalue weighted by Crippen LogP contribution is 2.24. The highest BCUT2D eigenvalue weighted by atomic mass is 35.5. The summed E-state index contributed by atoms with van der Waals surface area (Å²) >= 11 is 6.02. The molecular weight excluding hydrogens is 342 g/mol. The second kappa shape index (κ2) is 7.64. The Kier molecular flexibility index (Phi) is 5.78. The van der Waals surface area contributed by atoms with Gasteiger partial charge >= 0.3 is 0 Å². The number of methoxy groups -OCH3 is 1. The van der Waals surface area contributed by atoms with Crippen molar-refractivity contribution < 1.29 is 19.1 Å². The number of aliphatic hydroxyl groups is 1. The van der Waals surface area contributed by atoms with E-state index in [9.17, 15) is 9.90 Å². The van der Waals surface area contributed by atoms with Crippen LogP contribution in [0.4, 0.5) is 0 Å². The fourth-order valence-corrected chi connectivity index (χ4v) is 2.32. The van der Waals surface area contributed by atoms with Gasteiger partial charge in [-0.05, 0) is 50.1 Å². The summed E-state index contributed by atoms with van der Waals surface area (Å²) in [4.78, 5) is 14.0. The van der Waals surface area contributed by atoms with Crippen molar-refractivity contribution in [2.75, 3.05) is 14.2 Å². The number of furan rings is 1. The van der Waals surface area contributed by atoms with E-state index in [4.69, 9.17) is 20.8 Å². The van der Waals surface area contributed by atoms with Gasteiger partial charge in [0.2, 0.25) is 0 Å². The number of halogens is 1. The third-order valence-electron chi connectivity index (χ3n) is 3.31. The molecule has 2 aromatic rings. The highest BCUT2D eigenvalue weighted by Gasteiger charge is 2.18. The van der Waals surface area contributed by atoms with Crippen molar-refractivity contribution in [3.63, 3.8) is 0 Å². The van der Waals surface area contributed by atoms with Crippen LogP contribution in [0, 0.1) is 11.8 Å². The lowest BCUT2D eigenvalue weighted by molar-refractivity contribution is 0.0752. The van der Waals surface area contributed by atoms with Crippen LogP contribution >= 0.6 is 11.6 Å². The van der Waals surface area contributed by atoms with Crippen LogP contribution in [0.25, 0.3) is 0 Å². The minimum absolute atomic E-state index is 0.170. The van der Waals surface area contributed by atoms with E-state index in [0.717, 1.165) is 5.56 Å². The molecule has 0 aliphatic rings. The molecule has 1 amide bonds. The number of hydrogen-bond acceptors (Lipinski definition) is 4. The van der Waals surface area contributed by atoms with Crippen molar-refractivity contribution in [2.24, 2.45) is 0 Å². The van der Waals surface area contributed by atoms with Gasteiger partial charge in [-0.15, -0.1) is 0 Å². The van der Waals surface area contributed by atoms with Gasteiger partial charge < -0.3 is 19.2 Å². The molecule has 0 fully saturated rings. The molecule has 25 heavy (non-hydrogen) atoms. The Morgan fingerprint density at radius 2 is 2.08 bits per heavy atom. The summed E-state index contributed by atoms with van der Waals surface area (Å²) in [5.74, 6) is 6.18. The maximum absolute atomic E-state index is 12.5. The van der Waals surface area contributed by atoms with Crippen LogP contribution in [0.3, 0.4) is 0 Å². The molecule has 1 heterocycles. The second-order valence-corrected chi connectivity index (χ2v) is 6.53. The van der Waals surface area contributed by atoms with Crippen molar-refractivity contribution in [3.8, 4) is 17.6 Å². The average Bonchev–Trinajstić information content (AvgIpc) is 3.00. The average molecular weight is 362 g/mol. The van der Waals surface area contributed by atoms with E-state index in [2.05, 4.69) is 11.8 Å². The van der Waals surface area contributed by atoms with Gasteiger partial charge in [0.15, 0.2) is 11.5 Å². The molecule has 0 atom stereocenters. The summed E-state index contributed by atoms with van der Waals surface area (Å²) in [6.07, 6.45) is 0. The Balaban J connectivity index is 2.14. The Hall–Kier alpha value is -2.42. The van der Waals surface area contributed by atoms with Gasteiger partial charge in [0.05, 0.1) is 7.11 Å². The summed E-state index contributed by atoms with van der Waals surface area (Å²) in [6.45, 7) is 3.45. The second-order valence-electron chi connectivity index (χ2n) is 6.09. The van der Waals surface area contributed by atoms with Gasteiger partial charge in [-0.1, -0.05) is 17.5 Å². The number of carbonyl (C=O) groups excluding carboxylic acids is 1. The third-order valence-corrected chi connectivity index (χ3v) is 3.54. The molecule has 0 bridgehead atoms. The van der Waals surface area contributed by atoms with E-state index >= 15 is 0 Å². The molecule has 0 saturated carbocycles. The SMILES string of the molecule is COc1ccc(Cl)cc1CN(C)C(=O)c1ccc(C#CC(C)(C)O)o1. The molecule has 2 rings (SSSR count). The van der Waals surface area contributed by atoms with Gasteiger partial charge in [0.1, 0.15) is 11.4 Å². The van der Waals surface area contributed by atoms with Crippen molar-refractivity contribution in [2.45, 2.75) is 26.0 Å². The fraction of sp³-hybridized carbons (Fsp3) is 0.316. The molecule has 0 saturated heterocycles. The van der Waals surface area contributed by atoms with Crippen LogP contribution in [0.1, 0.15) is 35.7 Å². The van der Waals surface area contributed by atoms with E-state index in [1.807, 2.05) is 0 Å². The first-order chi connectivity index (χ1) is 11.7. The van der Waals surface area contributed by atoms with Crippen molar-refractivity contribution in [3.05, 3.63) is 52.4 Å². The van der Waals surface area contributed by atoms with Crippen molar-refractivity contribution in [1.82, 2.24) is 4.90 Å². The Morgan fingerprint density at radius 3 is 2.72 bits per heavy atom. The van der Waals surface area contributed by atoms with Crippen LogP contribution in [0.15, 0.2) is 34.7 Å². The molecule has 1 aromatic carbocycles. The molecule has 1 aromatic heterocycles. The number of benzene rings is 1. The Bertz CT molecular complexity index is 824. The first-order valence-electron chi connectivity index (χ1n) is 7.63. The standard InChI is InChI=1S/C19H20ClNO4/c1-19(2,23)10-9-15-6-8-17(25-15)18(22)21(3)12-13-11-14(20)5-7-16(13)24-4/h5-8,11,23H,12H2,1-4H3. The largest absolute Gasteiger partial charge is 0.496 e. The van der Waals surface area contributed by atoms with Gasteiger partial charge in [0, 0.05) is 24.2 Å². The van der Waals surface area contributed by atoms with Gasteiger partial charge in [0.25, 0.3) is 5.91 Å². The van der Waals surface area contributed by atoms with Gasteiger partial charge in [-0.25, -0.2) is 0 Å². The van der Waals surface area contributed by atoms with Crippen molar-refractivity contribution in [1.29, 1.82) is 0 Å². The quantitative estimate of drug-likeness (QED) is 0.848. The monoisotopic (exact) mass is 361 g/mol. The normalized spacial score (nSPS) is 10.8. The Labute approximate surface area is 152 Å². The molecule has 6 heteroatoms. The van der Waals surface area contributed by atoms with Crippen LogP contribution in [-0.4, -0.2) is 35.7 Å². The molecule has 0 unspecified atom stereocenters. The minimum atomic E-state index is -1.13. The molecule has 132 valence electrons. The zero-order valence-corrected chi connectivity index (χ0v) is 15.3. The van der Waals surface area contributed by atoms with Crippen molar-refractivity contribution >= 4 is 17.5 Å². The number of amides is 1. The predicted molar refractivity (Wildman–Crippen MR) is 95.7 cm³/mol. The zero-order valence-electron chi connectivity index (χ0n) is 14.6. The first-order valence-corrected chi connectivity index (χ1v) is 8.00. The maximum atomic E-state index is 12.5. The van der Waals surface area contributed by atoms with Crippen LogP contribution < -0.4 is 4.74 Å². The molecule has 1 N–H and O–H groups in total. The summed E-state index contributed by atoms with van der Waals surface area (Å²) in [5.41, 5.74) is -0.337. The molecule has 5 nitrogen and oxygen atoms in total. The lowest BCUT2D eigenvalue weighted by atomic mass is 10.1. The molecular formula is C19H20ClNO4. The van der Waals surface area contributed by atoms with E-state index in [1.165, 1.54) is 4.90 Å². The van der Waals surface area contributed by atoms with Crippen LogP contribution in [0.2, 0.25) is 5.02 Å². The molecule has 0 aliphatic carbocycles. The highest BCUT2D eigenvalue weighted by molar-refractivity contribution is 6.30. The number of rotatable bonds is 4. The van der Waals surface area contributed by atoms with Crippen LogP contribution in [-0.2, 0) is 6.54 Å². The third kappa shape index (κ3) is 5.28. The Morgan fingerprint density at radius 1 is 1.36 bits per heavy atom. The van der Waals surface area contributed by atoms with E-state index < -0.39 is 5.60 Å². The lowest BCUT2D eigenvalue weighted by Crippen LogP contribution is -2.26. The fourth-order valence-electron chi connectivity index (χ4n) is 2.12. The number of ether oxygens (including phenoxy) is 1. The molecule has 0 radical (unpaired) electrons. The molecule has 0 aliphatic heterocycles. The van der Waals surface area contributed by atoms with Gasteiger partial charge in [-0.3, -0.25) is 4.79 Å². The molecule has 0 spiro atoms. The van der Waals surface area contributed by atoms with E-state index in [1.54, 1.807) is 58.3 Å². The smallest absolute Gasteiger partial charge is 0.289 e. The number of nitrogens with zero attached hydrogens (tertiary/aromatic N) is 1. The van der Waals surface area contributed by atoms with Gasteiger partial charge in [-0.2, -0.15) is 0 Å². The summed E-state index contributed by atoms with van der Waals surface area (Å²) < 4.78 is 10.7. The lowest BCUT2D eigenvalue weighted by Gasteiger charge is -2.18. The summed E-state index contributed by atoms with van der Waals surface area (Å²) in [6, 6.07) is 8.40. The summed E-state index contributed by atoms with van der Waals surface area (Å²) in [5, 5.41) is 10.2. The summed E-state index contributed by atoms with van der Waals surface area (Å²) in [7, 11) is 3.22. The zero-order chi connectivity index (χ0) is 18.6. The van der Waals surface area contributed by atoms with Crippen LogP contribution in [0.5, 0.6) is 5.75 Å². The van der Waals surface area contributed by atoms with E-state index in [-0.39, 0.29) is 11.7 Å².